The number of nitrogens with one attached hydrogen (secondary N) is 1. The van der Waals surface area contributed by atoms with Crippen LogP contribution in [-0.4, -0.2) is 10.1 Å². The normalized spacial score (nSPS) is 11.7. The smallest absolute Gasteiger partial charge is 0.0791 e. The second-order valence-corrected chi connectivity index (χ2v) is 9.29. The minimum absolute atomic E-state index is 0.788. The van der Waals surface area contributed by atoms with Gasteiger partial charge in [0.15, 0.2) is 0 Å². The van der Waals surface area contributed by atoms with Crippen LogP contribution >= 0.6 is 0 Å². The maximum Gasteiger partial charge on any atom is 0.0791 e. The Bertz CT molecular complexity index is 1740. The van der Waals surface area contributed by atoms with Crippen molar-refractivity contribution < 1.29 is 5.11 Å². The van der Waals surface area contributed by atoms with Crippen LogP contribution in [0.5, 0.6) is 0 Å². The molecule has 184 valence electrons. The number of aromatic nitrogens is 1. The molecular weight excluding hydrogens is 464 g/mol. The molecule has 0 unspecified atom stereocenters. The number of anilines is 3. The van der Waals surface area contributed by atoms with Crippen LogP contribution in [0.15, 0.2) is 146 Å². The van der Waals surface area contributed by atoms with E-state index in [4.69, 9.17) is 5.11 Å². The van der Waals surface area contributed by atoms with Crippen molar-refractivity contribution in [3.63, 3.8) is 0 Å². The first-order valence-corrected chi connectivity index (χ1v) is 12.8. The van der Waals surface area contributed by atoms with E-state index in [1.165, 1.54) is 27.5 Å². The Kier molecular flexibility index (Phi) is 6.48. The van der Waals surface area contributed by atoms with Gasteiger partial charge in [0.1, 0.15) is 0 Å². The average Bonchev–Trinajstić information content (AvgIpc) is 3.35. The maximum atomic E-state index is 8.86. The summed E-state index contributed by atoms with van der Waals surface area (Å²) < 4.78 is 0. The number of rotatable bonds is 7. The molecule has 0 amide bonds. The molecule has 6 aromatic rings. The highest BCUT2D eigenvalue weighted by atomic mass is 16.2. The van der Waals surface area contributed by atoms with Gasteiger partial charge in [0.05, 0.1) is 6.26 Å². The molecule has 0 bridgehead atoms. The van der Waals surface area contributed by atoms with Crippen molar-refractivity contribution in [3.05, 3.63) is 151 Å². The van der Waals surface area contributed by atoms with Crippen molar-refractivity contribution in [2.45, 2.75) is 6.42 Å². The molecule has 0 aliphatic heterocycles. The summed E-state index contributed by atoms with van der Waals surface area (Å²) in [7, 11) is 0. The Labute approximate surface area is 222 Å². The van der Waals surface area contributed by atoms with Gasteiger partial charge in [-0.2, -0.15) is 0 Å². The summed E-state index contributed by atoms with van der Waals surface area (Å²) >= 11 is 0. The van der Waals surface area contributed by atoms with E-state index in [0.717, 1.165) is 40.8 Å². The fraction of sp³-hybridized carbons (Fsp3) is 0.0286. The number of benzene rings is 5. The van der Waals surface area contributed by atoms with Gasteiger partial charge in [0.2, 0.25) is 0 Å². The predicted molar refractivity (Wildman–Crippen MR) is 161 cm³/mol. The third-order valence-electron chi connectivity index (χ3n) is 6.83. The number of aliphatic hydroxyl groups excluding tert-OH is 1. The summed E-state index contributed by atoms with van der Waals surface area (Å²) in [6.45, 7) is 0. The minimum atomic E-state index is 0.788. The molecule has 38 heavy (non-hydrogen) atoms. The zero-order valence-corrected chi connectivity index (χ0v) is 21.0. The lowest BCUT2D eigenvalue weighted by Gasteiger charge is -2.26. The SMILES string of the molecule is O/C=C\C=C/Cc1cccc(N(c2ccccc2)c2ccc(-c3ccc4[nH]c5ccccc5c4c3)cc2)c1. The topological polar surface area (TPSA) is 39.3 Å². The molecule has 6 rings (SSSR count). The first kappa shape index (κ1) is 23.4. The molecule has 3 heteroatoms. The van der Waals surface area contributed by atoms with E-state index in [2.05, 4.69) is 125 Å². The summed E-state index contributed by atoms with van der Waals surface area (Å²) in [5.74, 6) is 0. The van der Waals surface area contributed by atoms with E-state index in [-0.39, 0.29) is 0 Å². The number of H-pyrrole nitrogens is 1. The first-order chi connectivity index (χ1) is 18.8. The summed E-state index contributed by atoms with van der Waals surface area (Å²) in [6, 6.07) is 42.9. The van der Waals surface area contributed by atoms with Crippen molar-refractivity contribution in [2.24, 2.45) is 0 Å². The van der Waals surface area contributed by atoms with Crippen LogP contribution in [0.25, 0.3) is 32.9 Å². The number of para-hydroxylation sites is 2. The van der Waals surface area contributed by atoms with Crippen LogP contribution in [0.4, 0.5) is 17.1 Å². The number of hydrogen-bond acceptors (Lipinski definition) is 2. The van der Waals surface area contributed by atoms with Crippen LogP contribution in [0.2, 0.25) is 0 Å². The van der Waals surface area contributed by atoms with E-state index in [9.17, 15) is 0 Å². The Morgan fingerprint density at radius 2 is 1.29 bits per heavy atom. The van der Waals surface area contributed by atoms with E-state index < -0.39 is 0 Å². The lowest BCUT2D eigenvalue weighted by atomic mass is 10.0. The van der Waals surface area contributed by atoms with Gasteiger partial charge in [-0.15, -0.1) is 0 Å². The average molecular weight is 493 g/mol. The van der Waals surface area contributed by atoms with Gasteiger partial charge >= 0.3 is 0 Å². The largest absolute Gasteiger partial charge is 0.516 e. The van der Waals surface area contributed by atoms with Crippen molar-refractivity contribution >= 4 is 38.9 Å². The van der Waals surface area contributed by atoms with E-state index in [0.29, 0.717) is 0 Å². The molecule has 5 aromatic carbocycles. The zero-order valence-electron chi connectivity index (χ0n) is 21.0. The molecule has 0 aliphatic rings. The number of aliphatic hydroxyl groups is 1. The summed E-state index contributed by atoms with van der Waals surface area (Å²) in [5.41, 5.74) is 9.22. The quantitative estimate of drug-likeness (QED) is 0.172. The second-order valence-electron chi connectivity index (χ2n) is 9.29. The van der Waals surface area contributed by atoms with Gasteiger partial charge < -0.3 is 15.0 Å². The van der Waals surface area contributed by atoms with Crippen molar-refractivity contribution in [1.82, 2.24) is 4.98 Å². The van der Waals surface area contributed by atoms with Gasteiger partial charge in [0.25, 0.3) is 0 Å². The van der Waals surface area contributed by atoms with Crippen LogP contribution in [0.3, 0.4) is 0 Å². The molecule has 0 atom stereocenters. The monoisotopic (exact) mass is 492 g/mol. The Morgan fingerprint density at radius 1 is 0.579 bits per heavy atom. The number of nitrogens with zero attached hydrogens (tertiary/aromatic N) is 1. The van der Waals surface area contributed by atoms with E-state index in [1.807, 2.05) is 18.2 Å². The third-order valence-corrected chi connectivity index (χ3v) is 6.83. The molecular formula is C35H28N2O. The fourth-order valence-corrected chi connectivity index (χ4v) is 5.01. The molecule has 3 nitrogen and oxygen atoms in total. The summed E-state index contributed by atoms with van der Waals surface area (Å²) in [6.07, 6.45) is 7.35. The number of hydrogen-bond donors (Lipinski definition) is 2. The summed E-state index contributed by atoms with van der Waals surface area (Å²) in [5, 5.41) is 11.4. The molecule has 0 spiro atoms. The van der Waals surface area contributed by atoms with Gasteiger partial charge in [-0.25, -0.2) is 0 Å². The number of aromatic amines is 1. The second kappa shape index (κ2) is 10.5. The lowest BCUT2D eigenvalue weighted by Crippen LogP contribution is -2.10. The molecule has 0 aliphatic carbocycles. The maximum absolute atomic E-state index is 8.86. The highest BCUT2D eigenvalue weighted by molar-refractivity contribution is 6.08. The molecule has 0 saturated carbocycles. The van der Waals surface area contributed by atoms with E-state index >= 15 is 0 Å². The minimum Gasteiger partial charge on any atom is -0.516 e. The van der Waals surface area contributed by atoms with Crippen LogP contribution in [-0.2, 0) is 6.42 Å². The molecule has 1 heterocycles. The highest BCUT2D eigenvalue weighted by Gasteiger charge is 2.13. The highest BCUT2D eigenvalue weighted by Crippen LogP contribution is 2.36. The van der Waals surface area contributed by atoms with Gasteiger partial charge in [-0.3, -0.25) is 0 Å². The van der Waals surface area contributed by atoms with Crippen LogP contribution in [0.1, 0.15) is 5.56 Å². The predicted octanol–water partition coefficient (Wildman–Crippen LogP) is 9.63. The lowest BCUT2D eigenvalue weighted by molar-refractivity contribution is 0.473. The number of allylic oxidation sites excluding steroid dienone is 3. The first-order valence-electron chi connectivity index (χ1n) is 12.8. The van der Waals surface area contributed by atoms with Crippen LogP contribution in [0, 0.1) is 0 Å². The molecule has 2 N–H and O–H groups in total. The van der Waals surface area contributed by atoms with Gasteiger partial charge in [-0.1, -0.05) is 78.9 Å². The molecule has 0 saturated heterocycles. The van der Waals surface area contributed by atoms with Gasteiger partial charge in [-0.05, 0) is 83.8 Å². The third kappa shape index (κ3) is 4.70. The molecule has 0 radical (unpaired) electrons. The fourth-order valence-electron chi connectivity index (χ4n) is 5.01. The Morgan fingerprint density at radius 3 is 2.13 bits per heavy atom. The van der Waals surface area contributed by atoms with Crippen molar-refractivity contribution in [3.8, 4) is 11.1 Å². The standard InChI is InChI=1S/C35H28N2O/c38-23-8-2-3-10-26-11-9-14-31(24-26)37(29-12-4-1-5-13-29)30-20-17-27(18-21-30)28-19-22-35-33(25-28)32-15-6-7-16-34(32)36-35/h1-9,11-25,36,38H,10H2/b3-2-,23-8-. The van der Waals surface area contributed by atoms with Crippen LogP contribution < -0.4 is 4.90 Å². The zero-order chi connectivity index (χ0) is 25.7. The molecule has 0 fully saturated rings. The van der Waals surface area contributed by atoms with Gasteiger partial charge in [0, 0.05) is 38.9 Å². The number of fused-ring (bicyclic) bond motifs is 3. The Balaban J connectivity index is 1.36. The van der Waals surface area contributed by atoms with Crippen molar-refractivity contribution in [1.29, 1.82) is 0 Å². The van der Waals surface area contributed by atoms with E-state index in [1.54, 1.807) is 6.08 Å². The molecule has 1 aromatic heterocycles. The van der Waals surface area contributed by atoms with Crippen molar-refractivity contribution in [2.75, 3.05) is 4.90 Å². The Hall–Kier alpha value is -5.02. The summed E-state index contributed by atoms with van der Waals surface area (Å²) in [4.78, 5) is 5.80.